The Bertz CT molecular complexity index is 1050. The molecule has 0 aliphatic heterocycles. The Morgan fingerprint density at radius 2 is 1.94 bits per heavy atom. The van der Waals surface area contributed by atoms with Gasteiger partial charge in [0.25, 0.3) is 5.56 Å². The molecule has 0 spiro atoms. The number of aromatic hydroxyl groups is 1. The maximum absolute atomic E-state index is 12.5. The molecule has 10 nitrogen and oxygen atoms in total. The fourth-order valence-corrected chi connectivity index (χ4v) is 2.72. The summed E-state index contributed by atoms with van der Waals surface area (Å²) in [6, 6.07) is 7.97. The van der Waals surface area contributed by atoms with Gasteiger partial charge in [0.05, 0.1) is 11.3 Å². The van der Waals surface area contributed by atoms with Crippen molar-refractivity contribution in [1.82, 2.24) is 4.57 Å². The minimum atomic E-state index is -0.638. The van der Waals surface area contributed by atoms with Gasteiger partial charge in [0.15, 0.2) is 12.0 Å². The largest absolute Gasteiger partial charge is 0.493 e. The highest BCUT2D eigenvalue weighted by Crippen LogP contribution is 2.26. The zero-order valence-corrected chi connectivity index (χ0v) is 17.8. The summed E-state index contributed by atoms with van der Waals surface area (Å²) in [6.45, 7) is 5.54. The van der Waals surface area contributed by atoms with Gasteiger partial charge in [0.1, 0.15) is 18.2 Å². The van der Waals surface area contributed by atoms with Crippen molar-refractivity contribution in [3.63, 3.8) is 0 Å². The molecule has 0 amide bonds. The number of carbonyl (C=O) groups is 1. The minimum Gasteiger partial charge on any atom is -0.493 e. The summed E-state index contributed by atoms with van der Waals surface area (Å²) in [5.74, 6) is -0.946. The summed E-state index contributed by atoms with van der Waals surface area (Å²) >= 11 is 0. The molecule has 1 heterocycles. The van der Waals surface area contributed by atoms with Crippen LogP contribution in [0.5, 0.6) is 5.88 Å². The zero-order chi connectivity index (χ0) is 23.0. The van der Waals surface area contributed by atoms with Gasteiger partial charge < -0.3 is 19.3 Å². The predicted octanol–water partition coefficient (Wildman–Crippen LogP) is 3.34. The van der Waals surface area contributed by atoms with Crippen LogP contribution >= 0.6 is 0 Å². The van der Waals surface area contributed by atoms with Gasteiger partial charge in [-0.1, -0.05) is 0 Å². The van der Waals surface area contributed by atoms with E-state index >= 15 is 0 Å². The van der Waals surface area contributed by atoms with E-state index in [2.05, 4.69) is 10.2 Å². The highest BCUT2D eigenvalue weighted by Gasteiger charge is 2.18. The fourth-order valence-electron chi connectivity index (χ4n) is 2.72. The lowest BCUT2D eigenvalue weighted by Crippen LogP contribution is -2.24. The second kappa shape index (κ2) is 11.0. The molecule has 1 atom stereocenters. The van der Waals surface area contributed by atoms with Crippen molar-refractivity contribution in [3.05, 3.63) is 51.3 Å². The number of esters is 1. The van der Waals surface area contributed by atoms with E-state index in [9.17, 15) is 20.0 Å². The first kappa shape index (κ1) is 23.7. The zero-order valence-electron chi connectivity index (χ0n) is 17.8. The monoisotopic (exact) mass is 428 g/mol. The van der Waals surface area contributed by atoms with Gasteiger partial charge in [-0.15, -0.1) is 5.11 Å². The molecule has 0 fully saturated rings. The molecule has 1 unspecified atom stereocenters. The first-order valence-corrected chi connectivity index (χ1v) is 9.57. The molecule has 0 saturated heterocycles. The van der Waals surface area contributed by atoms with Crippen LogP contribution in [-0.4, -0.2) is 42.3 Å². The first-order chi connectivity index (χ1) is 14.9. The summed E-state index contributed by atoms with van der Waals surface area (Å²) in [5.41, 5.74) is 0.291. The lowest BCUT2D eigenvalue weighted by molar-refractivity contribution is -0.144. The van der Waals surface area contributed by atoms with Crippen LogP contribution in [-0.2, 0) is 20.8 Å². The molecular formula is C21H24N4O6. The molecule has 2 rings (SSSR count). The number of benzene rings is 1. The van der Waals surface area contributed by atoms with E-state index < -0.39 is 23.7 Å². The van der Waals surface area contributed by atoms with Gasteiger partial charge >= 0.3 is 5.97 Å². The fraction of sp³-hybridized carbons (Fsp3) is 0.381. The van der Waals surface area contributed by atoms with Crippen molar-refractivity contribution < 1.29 is 24.1 Å². The molecule has 0 radical (unpaired) electrons. The Morgan fingerprint density at radius 1 is 1.26 bits per heavy atom. The van der Waals surface area contributed by atoms with Crippen molar-refractivity contribution in [3.8, 4) is 11.9 Å². The van der Waals surface area contributed by atoms with E-state index in [0.29, 0.717) is 17.9 Å². The summed E-state index contributed by atoms with van der Waals surface area (Å²) in [5, 5.41) is 27.3. The molecule has 164 valence electrons. The van der Waals surface area contributed by atoms with E-state index in [0.717, 1.165) is 4.57 Å². The Hall–Kier alpha value is -3.55. The Balaban J connectivity index is 2.20. The summed E-state index contributed by atoms with van der Waals surface area (Å²) in [6.07, 6.45) is -0.638. The average molecular weight is 428 g/mol. The standard InChI is InChI=1S/C21H24N4O6/c1-5-25-19(26)16(11-22)13(3)18(20(25)27)24-23-15-9-7-14(8-10-15)21(28)31-12-17(29-4)30-6-2/h7-10,17,26H,5-6,12H2,1-4H3. The summed E-state index contributed by atoms with van der Waals surface area (Å²) < 4.78 is 16.5. The smallest absolute Gasteiger partial charge is 0.338 e. The van der Waals surface area contributed by atoms with Crippen LogP contribution < -0.4 is 5.56 Å². The van der Waals surface area contributed by atoms with E-state index in [1.807, 2.05) is 6.07 Å². The van der Waals surface area contributed by atoms with Crippen LogP contribution in [0.15, 0.2) is 39.3 Å². The maximum Gasteiger partial charge on any atom is 0.338 e. The maximum atomic E-state index is 12.5. The van der Waals surface area contributed by atoms with Gasteiger partial charge in [-0.2, -0.15) is 10.4 Å². The molecule has 1 aromatic heterocycles. The molecule has 0 aliphatic rings. The molecular weight excluding hydrogens is 404 g/mol. The molecule has 10 heteroatoms. The Kier molecular flexibility index (Phi) is 8.43. The Labute approximate surface area is 179 Å². The number of pyridine rings is 1. The van der Waals surface area contributed by atoms with E-state index in [1.54, 1.807) is 13.8 Å². The third-order valence-electron chi connectivity index (χ3n) is 4.42. The minimum absolute atomic E-state index is 0.0325. The lowest BCUT2D eigenvalue weighted by Gasteiger charge is -2.15. The number of nitriles is 1. The number of hydrogen-bond acceptors (Lipinski definition) is 9. The molecule has 1 aromatic carbocycles. The second-order valence-electron chi connectivity index (χ2n) is 6.30. The van der Waals surface area contributed by atoms with Crippen LogP contribution in [0.25, 0.3) is 0 Å². The number of nitrogens with zero attached hydrogens (tertiary/aromatic N) is 4. The number of methoxy groups -OCH3 is 1. The number of ether oxygens (including phenoxy) is 3. The highest BCUT2D eigenvalue weighted by molar-refractivity contribution is 5.89. The molecule has 2 aromatic rings. The van der Waals surface area contributed by atoms with E-state index in [-0.39, 0.29) is 30.0 Å². The lowest BCUT2D eigenvalue weighted by atomic mass is 10.1. The molecule has 0 bridgehead atoms. The topological polar surface area (TPSA) is 135 Å². The molecule has 0 aliphatic carbocycles. The third kappa shape index (κ3) is 5.53. The van der Waals surface area contributed by atoms with Crippen molar-refractivity contribution in [2.45, 2.75) is 33.6 Å². The van der Waals surface area contributed by atoms with Gasteiger partial charge in [-0.25, -0.2) is 4.79 Å². The molecule has 0 saturated carbocycles. The van der Waals surface area contributed by atoms with Gasteiger partial charge in [0.2, 0.25) is 5.88 Å². The van der Waals surface area contributed by atoms with Crippen LogP contribution in [0.4, 0.5) is 11.4 Å². The van der Waals surface area contributed by atoms with E-state index in [1.165, 1.54) is 38.3 Å². The highest BCUT2D eigenvalue weighted by atomic mass is 16.7. The second-order valence-corrected chi connectivity index (χ2v) is 6.30. The van der Waals surface area contributed by atoms with Gasteiger partial charge in [-0.05, 0) is 45.0 Å². The third-order valence-corrected chi connectivity index (χ3v) is 4.42. The summed E-state index contributed by atoms with van der Waals surface area (Å²) in [4.78, 5) is 24.7. The number of hydrogen-bond donors (Lipinski definition) is 1. The predicted molar refractivity (Wildman–Crippen MR) is 111 cm³/mol. The van der Waals surface area contributed by atoms with Gasteiger partial charge in [-0.3, -0.25) is 9.36 Å². The first-order valence-electron chi connectivity index (χ1n) is 9.57. The average Bonchev–Trinajstić information content (AvgIpc) is 2.77. The van der Waals surface area contributed by atoms with E-state index in [4.69, 9.17) is 14.2 Å². The molecule has 31 heavy (non-hydrogen) atoms. The Morgan fingerprint density at radius 3 is 2.48 bits per heavy atom. The van der Waals surface area contributed by atoms with Crippen molar-refractivity contribution in [1.29, 1.82) is 5.26 Å². The van der Waals surface area contributed by atoms with Crippen LogP contribution in [0.3, 0.4) is 0 Å². The van der Waals surface area contributed by atoms with Crippen LogP contribution in [0.2, 0.25) is 0 Å². The van der Waals surface area contributed by atoms with Crippen molar-refractivity contribution in [2.24, 2.45) is 10.2 Å². The van der Waals surface area contributed by atoms with Crippen molar-refractivity contribution in [2.75, 3.05) is 20.3 Å². The van der Waals surface area contributed by atoms with Crippen LogP contribution in [0.1, 0.15) is 35.3 Å². The van der Waals surface area contributed by atoms with Crippen molar-refractivity contribution >= 4 is 17.3 Å². The number of azo groups is 1. The number of aromatic nitrogens is 1. The summed E-state index contributed by atoms with van der Waals surface area (Å²) in [7, 11) is 1.46. The van der Waals surface area contributed by atoms with Crippen LogP contribution in [0, 0.1) is 18.3 Å². The normalized spacial score (nSPS) is 12.0. The number of rotatable bonds is 9. The number of carbonyl (C=O) groups excluding carboxylic acids is 1. The SMILES string of the molecule is CCOC(COC(=O)c1ccc(N=Nc2c(C)c(C#N)c(O)n(CC)c2=O)cc1)OC. The molecule has 1 N–H and O–H groups in total. The van der Waals surface area contributed by atoms with Gasteiger partial charge in [0, 0.05) is 25.8 Å². The quantitative estimate of drug-likeness (QED) is 0.367.